The van der Waals surface area contributed by atoms with E-state index in [0.717, 1.165) is 25.7 Å². The van der Waals surface area contributed by atoms with Crippen LogP contribution in [-0.4, -0.2) is 26.8 Å². The van der Waals surface area contributed by atoms with E-state index >= 15 is 0 Å². The quantitative estimate of drug-likeness (QED) is 0.650. The van der Waals surface area contributed by atoms with Gasteiger partial charge in [-0.05, 0) is 12.8 Å². The van der Waals surface area contributed by atoms with E-state index in [0.29, 0.717) is 11.5 Å². The highest BCUT2D eigenvalue weighted by atomic mass is 16.6. The first kappa shape index (κ1) is 14.8. The number of nitrogens with zero attached hydrogens (tertiary/aromatic N) is 3. The van der Waals surface area contributed by atoms with Crippen molar-refractivity contribution in [2.45, 2.75) is 57.5 Å². The van der Waals surface area contributed by atoms with Gasteiger partial charge in [-0.2, -0.15) is 5.10 Å². The zero-order valence-corrected chi connectivity index (χ0v) is 12.3. The van der Waals surface area contributed by atoms with Crippen LogP contribution in [0.25, 0.3) is 0 Å². The topological polar surface area (TPSA) is 99.0 Å². The van der Waals surface area contributed by atoms with Gasteiger partial charge in [0.1, 0.15) is 5.69 Å². The number of hydrogen-bond acceptors (Lipinski definition) is 5. The van der Waals surface area contributed by atoms with Crippen LogP contribution < -0.4 is 11.1 Å². The maximum atomic E-state index is 11.4. The molecule has 0 amide bonds. The first-order valence-corrected chi connectivity index (χ1v) is 7.15. The lowest BCUT2D eigenvalue weighted by atomic mass is 9.91. The van der Waals surface area contributed by atoms with Crippen LogP contribution in [0.1, 0.15) is 51.1 Å². The lowest BCUT2D eigenvalue weighted by molar-refractivity contribution is -0.384. The van der Waals surface area contributed by atoms with Gasteiger partial charge in [0, 0.05) is 25.0 Å². The third-order valence-corrected chi connectivity index (χ3v) is 3.92. The highest BCUT2D eigenvalue weighted by Gasteiger charge is 2.31. The van der Waals surface area contributed by atoms with Crippen LogP contribution in [0.5, 0.6) is 0 Å². The summed E-state index contributed by atoms with van der Waals surface area (Å²) in [6.07, 6.45) is 4.14. The predicted octanol–water partition coefficient (Wildman–Crippen LogP) is 2.13. The zero-order valence-electron chi connectivity index (χ0n) is 12.3. The van der Waals surface area contributed by atoms with Crippen LogP contribution in [0.2, 0.25) is 0 Å². The second-order valence-electron chi connectivity index (χ2n) is 5.82. The standard InChI is InChI=1S/C13H23N5O2/c1-8(2)11-12(18(19)20)13(17(3)16-11)15-10-7-5-4-6-9(10)14/h8-10,15H,4-7,14H2,1-3H3. The number of aromatic nitrogens is 2. The fourth-order valence-electron chi connectivity index (χ4n) is 2.78. The van der Waals surface area contributed by atoms with Gasteiger partial charge in [-0.3, -0.25) is 10.1 Å². The fourth-order valence-corrected chi connectivity index (χ4v) is 2.78. The van der Waals surface area contributed by atoms with Crippen molar-refractivity contribution >= 4 is 11.5 Å². The molecule has 1 aromatic rings. The largest absolute Gasteiger partial charge is 0.360 e. The summed E-state index contributed by atoms with van der Waals surface area (Å²) in [6, 6.07) is 0.124. The molecule has 2 atom stereocenters. The molecule has 20 heavy (non-hydrogen) atoms. The van der Waals surface area contributed by atoms with Crippen molar-refractivity contribution in [3.05, 3.63) is 15.8 Å². The highest BCUT2D eigenvalue weighted by Crippen LogP contribution is 2.34. The molecule has 0 aliphatic heterocycles. The summed E-state index contributed by atoms with van der Waals surface area (Å²) in [5.74, 6) is 0.484. The minimum Gasteiger partial charge on any atom is -0.360 e. The van der Waals surface area contributed by atoms with E-state index in [1.807, 2.05) is 13.8 Å². The van der Waals surface area contributed by atoms with E-state index in [1.165, 1.54) is 0 Å². The summed E-state index contributed by atoms with van der Waals surface area (Å²) < 4.78 is 1.56. The number of anilines is 1. The molecule has 7 nitrogen and oxygen atoms in total. The summed E-state index contributed by atoms with van der Waals surface area (Å²) in [6.45, 7) is 3.82. The monoisotopic (exact) mass is 281 g/mol. The Bertz CT molecular complexity index is 497. The SMILES string of the molecule is CC(C)c1nn(C)c(NC2CCCCC2N)c1[N+](=O)[O-]. The minimum atomic E-state index is -0.348. The van der Waals surface area contributed by atoms with E-state index < -0.39 is 0 Å². The van der Waals surface area contributed by atoms with Gasteiger partial charge in [-0.25, -0.2) is 4.68 Å². The van der Waals surface area contributed by atoms with E-state index in [4.69, 9.17) is 5.73 Å². The summed E-state index contributed by atoms with van der Waals surface area (Å²) >= 11 is 0. The molecule has 0 bridgehead atoms. The molecule has 1 aromatic heterocycles. The lowest BCUT2D eigenvalue weighted by Crippen LogP contribution is -2.43. The van der Waals surface area contributed by atoms with Gasteiger partial charge in [0.25, 0.3) is 0 Å². The van der Waals surface area contributed by atoms with Gasteiger partial charge in [0.2, 0.25) is 5.82 Å². The van der Waals surface area contributed by atoms with Crippen LogP contribution in [0.4, 0.5) is 11.5 Å². The summed E-state index contributed by atoms with van der Waals surface area (Å²) in [5.41, 5.74) is 6.71. The Hall–Kier alpha value is -1.63. The summed E-state index contributed by atoms with van der Waals surface area (Å²) in [5, 5.41) is 18.9. The van der Waals surface area contributed by atoms with Crippen molar-refractivity contribution in [3.63, 3.8) is 0 Å². The van der Waals surface area contributed by atoms with E-state index in [-0.39, 0.29) is 28.6 Å². The third-order valence-electron chi connectivity index (χ3n) is 3.92. The molecule has 0 saturated heterocycles. The van der Waals surface area contributed by atoms with E-state index in [9.17, 15) is 10.1 Å². The van der Waals surface area contributed by atoms with Crippen molar-refractivity contribution in [3.8, 4) is 0 Å². The molecule has 112 valence electrons. The lowest BCUT2D eigenvalue weighted by Gasteiger charge is -2.29. The molecule has 7 heteroatoms. The van der Waals surface area contributed by atoms with Gasteiger partial charge in [-0.15, -0.1) is 0 Å². The fraction of sp³-hybridized carbons (Fsp3) is 0.769. The van der Waals surface area contributed by atoms with Crippen molar-refractivity contribution in [1.82, 2.24) is 9.78 Å². The molecule has 1 heterocycles. The normalized spacial score (nSPS) is 23.1. The Kier molecular flexibility index (Phi) is 4.27. The molecule has 0 spiro atoms. The molecule has 1 aliphatic carbocycles. The average Bonchev–Trinajstić information content (AvgIpc) is 2.70. The van der Waals surface area contributed by atoms with Crippen molar-refractivity contribution in [2.75, 3.05) is 5.32 Å². The Morgan fingerprint density at radius 1 is 1.45 bits per heavy atom. The number of rotatable bonds is 4. The zero-order chi connectivity index (χ0) is 14.9. The second kappa shape index (κ2) is 5.78. The second-order valence-corrected chi connectivity index (χ2v) is 5.82. The van der Waals surface area contributed by atoms with E-state index in [2.05, 4.69) is 10.4 Å². The van der Waals surface area contributed by atoms with Crippen LogP contribution in [0.3, 0.4) is 0 Å². The highest BCUT2D eigenvalue weighted by molar-refractivity contribution is 5.61. The number of hydrogen-bond donors (Lipinski definition) is 2. The summed E-state index contributed by atoms with van der Waals surface area (Å²) in [7, 11) is 1.73. The van der Waals surface area contributed by atoms with Crippen molar-refractivity contribution in [2.24, 2.45) is 12.8 Å². The van der Waals surface area contributed by atoms with Gasteiger partial charge in [0.15, 0.2) is 0 Å². The van der Waals surface area contributed by atoms with E-state index in [1.54, 1.807) is 11.7 Å². The Morgan fingerprint density at radius 3 is 2.65 bits per heavy atom. The molecule has 0 radical (unpaired) electrons. The first-order chi connectivity index (χ1) is 9.41. The molecule has 2 rings (SSSR count). The number of aryl methyl sites for hydroxylation is 1. The van der Waals surface area contributed by atoms with Gasteiger partial charge >= 0.3 is 5.69 Å². The van der Waals surface area contributed by atoms with Gasteiger partial charge < -0.3 is 11.1 Å². The average molecular weight is 281 g/mol. The number of nitrogens with one attached hydrogen (secondary N) is 1. The maximum absolute atomic E-state index is 11.4. The molecule has 1 saturated carbocycles. The van der Waals surface area contributed by atoms with Crippen LogP contribution in [-0.2, 0) is 7.05 Å². The molecule has 1 fully saturated rings. The maximum Gasteiger partial charge on any atom is 0.334 e. The number of nitrogens with two attached hydrogens (primary N) is 1. The van der Waals surface area contributed by atoms with Crippen LogP contribution in [0.15, 0.2) is 0 Å². The molecule has 2 unspecified atom stereocenters. The van der Waals surface area contributed by atoms with Crippen molar-refractivity contribution < 1.29 is 4.92 Å². The first-order valence-electron chi connectivity index (χ1n) is 7.15. The molecular weight excluding hydrogens is 258 g/mol. The Morgan fingerprint density at radius 2 is 2.10 bits per heavy atom. The van der Waals surface area contributed by atoms with Gasteiger partial charge in [0.05, 0.1) is 4.92 Å². The van der Waals surface area contributed by atoms with Gasteiger partial charge in [-0.1, -0.05) is 26.7 Å². The Labute approximate surface area is 118 Å². The van der Waals surface area contributed by atoms with Crippen LogP contribution in [0, 0.1) is 10.1 Å². The Balaban J connectivity index is 2.33. The number of nitro groups is 1. The molecule has 3 N–H and O–H groups in total. The smallest absolute Gasteiger partial charge is 0.334 e. The predicted molar refractivity (Wildman–Crippen MR) is 77.8 cm³/mol. The third kappa shape index (κ3) is 2.77. The minimum absolute atomic E-state index is 0.0113. The summed E-state index contributed by atoms with van der Waals surface area (Å²) in [4.78, 5) is 11.0. The molecular formula is C13H23N5O2. The van der Waals surface area contributed by atoms with Crippen molar-refractivity contribution in [1.29, 1.82) is 0 Å². The van der Waals surface area contributed by atoms with Crippen LogP contribution >= 0.6 is 0 Å². The molecule has 1 aliphatic rings. The molecule has 0 aromatic carbocycles.